The first-order chi connectivity index (χ1) is 14.2. The van der Waals surface area contributed by atoms with Crippen LogP contribution in [0.1, 0.15) is 0 Å². The number of phenolic OH excluding ortho intramolecular Hbond substituents is 1. The standard InChI is InChI=1S/C19H13Br2N3O5S/c20-11-2-4-13-10(7-11)1-6-16(18(13)21)29-9-17(26)23-19(30)22-14-5-3-12(24(27)28)8-15(14)25/h1-8,25H,9H2,(H2,22,23,26,30). The minimum absolute atomic E-state index is 0.0878. The second kappa shape index (κ2) is 9.37. The Balaban J connectivity index is 1.59. The van der Waals surface area contributed by atoms with Gasteiger partial charge in [0.05, 0.1) is 21.1 Å². The second-order valence-corrected chi connectivity index (χ2v) is 8.11. The molecule has 3 rings (SSSR count). The van der Waals surface area contributed by atoms with Gasteiger partial charge in [0.1, 0.15) is 11.5 Å². The lowest BCUT2D eigenvalue weighted by Crippen LogP contribution is -2.37. The van der Waals surface area contributed by atoms with Crippen molar-refractivity contribution in [1.82, 2.24) is 5.32 Å². The third-order valence-corrected chi connectivity index (χ3v) is 5.45. The highest BCUT2D eigenvalue weighted by Gasteiger charge is 2.13. The molecule has 3 N–H and O–H groups in total. The van der Waals surface area contributed by atoms with Crippen molar-refractivity contribution in [3.63, 3.8) is 0 Å². The zero-order valence-corrected chi connectivity index (χ0v) is 19.0. The van der Waals surface area contributed by atoms with Crippen LogP contribution in [0.4, 0.5) is 11.4 Å². The van der Waals surface area contributed by atoms with Crippen LogP contribution in [0.2, 0.25) is 0 Å². The van der Waals surface area contributed by atoms with Crippen LogP contribution in [-0.2, 0) is 4.79 Å². The van der Waals surface area contributed by atoms with Gasteiger partial charge in [-0.3, -0.25) is 20.2 Å². The van der Waals surface area contributed by atoms with Gasteiger partial charge in [0.2, 0.25) is 0 Å². The summed E-state index contributed by atoms with van der Waals surface area (Å²) in [7, 11) is 0. The quantitative estimate of drug-likeness (QED) is 0.178. The smallest absolute Gasteiger partial charge is 0.273 e. The van der Waals surface area contributed by atoms with Gasteiger partial charge in [0.25, 0.3) is 11.6 Å². The number of nitro benzene ring substituents is 1. The highest BCUT2D eigenvalue weighted by Crippen LogP contribution is 2.34. The molecule has 0 atom stereocenters. The van der Waals surface area contributed by atoms with E-state index in [1.165, 1.54) is 12.1 Å². The van der Waals surface area contributed by atoms with Gasteiger partial charge < -0.3 is 15.2 Å². The third-order valence-electron chi connectivity index (χ3n) is 3.93. The fourth-order valence-electron chi connectivity index (χ4n) is 2.55. The number of halogens is 2. The largest absolute Gasteiger partial charge is 0.506 e. The number of ether oxygens (including phenoxy) is 1. The van der Waals surface area contributed by atoms with Crippen molar-refractivity contribution in [2.45, 2.75) is 0 Å². The number of hydrogen-bond donors (Lipinski definition) is 3. The molecule has 3 aromatic rings. The van der Waals surface area contributed by atoms with E-state index in [0.717, 1.165) is 25.8 Å². The fourth-order valence-corrected chi connectivity index (χ4v) is 3.76. The molecule has 0 bridgehead atoms. The Bertz CT molecular complexity index is 1170. The molecule has 0 saturated carbocycles. The lowest BCUT2D eigenvalue weighted by Gasteiger charge is -2.13. The van der Waals surface area contributed by atoms with E-state index in [1.807, 2.05) is 24.3 Å². The van der Waals surface area contributed by atoms with Gasteiger partial charge in [0.15, 0.2) is 11.7 Å². The number of benzene rings is 3. The Hall–Kier alpha value is -2.76. The Morgan fingerprint density at radius 1 is 1.17 bits per heavy atom. The summed E-state index contributed by atoms with van der Waals surface area (Å²) in [5, 5.41) is 27.4. The number of phenols is 1. The number of thiocarbonyl (C=S) groups is 1. The highest BCUT2D eigenvalue weighted by atomic mass is 79.9. The van der Waals surface area contributed by atoms with E-state index in [-0.39, 0.29) is 28.8 Å². The number of nitrogens with one attached hydrogen (secondary N) is 2. The number of carbonyl (C=O) groups excluding carboxylic acids is 1. The summed E-state index contributed by atoms with van der Waals surface area (Å²) in [5.41, 5.74) is -0.148. The van der Waals surface area contributed by atoms with Crippen molar-refractivity contribution >= 4 is 77.2 Å². The average molecular weight is 555 g/mol. The maximum absolute atomic E-state index is 12.1. The van der Waals surface area contributed by atoms with Crippen molar-refractivity contribution in [2.75, 3.05) is 11.9 Å². The van der Waals surface area contributed by atoms with Crippen LogP contribution in [0.15, 0.2) is 57.5 Å². The van der Waals surface area contributed by atoms with Crippen LogP contribution < -0.4 is 15.4 Å². The normalized spacial score (nSPS) is 10.5. The van der Waals surface area contributed by atoms with Gasteiger partial charge in [-0.1, -0.05) is 28.1 Å². The Morgan fingerprint density at radius 2 is 1.93 bits per heavy atom. The monoisotopic (exact) mass is 553 g/mol. The molecule has 0 aliphatic heterocycles. The highest BCUT2D eigenvalue weighted by molar-refractivity contribution is 9.11. The van der Waals surface area contributed by atoms with Crippen molar-refractivity contribution in [3.8, 4) is 11.5 Å². The van der Waals surface area contributed by atoms with Crippen LogP contribution in [0.3, 0.4) is 0 Å². The number of nitro groups is 1. The minimum Gasteiger partial charge on any atom is -0.506 e. The van der Waals surface area contributed by atoms with Gasteiger partial charge in [-0.05, 0) is 63.2 Å². The number of non-ortho nitro benzene ring substituents is 1. The molecule has 0 saturated heterocycles. The van der Waals surface area contributed by atoms with Gasteiger partial charge >= 0.3 is 0 Å². The van der Waals surface area contributed by atoms with Crippen LogP contribution >= 0.6 is 44.1 Å². The first-order valence-electron chi connectivity index (χ1n) is 8.33. The molecule has 154 valence electrons. The first-order valence-corrected chi connectivity index (χ1v) is 10.3. The first kappa shape index (κ1) is 21.9. The van der Waals surface area contributed by atoms with E-state index in [0.29, 0.717) is 5.75 Å². The van der Waals surface area contributed by atoms with Crippen molar-refractivity contribution in [3.05, 3.63) is 67.6 Å². The molecule has 3 aromatic carbocycles. The van der Waals surface area contributed by atoms with E-state index < -0.39 is 10.8 Å². The number of fused-ring (bicyclic) bond motifs is 1. The summed E-state index contributed by atoms with van der Waals surface area (Å²) in [4.78, 5) is 22.2. The van der Waals surface area contributed by atoms with Crippen LogP contribution in [-0.4, -0.2) is 27.7 Å². The predicted molar refractivity (Wildman–Crippen MR) is 124 cm³/mol. The van der Waals surface area contributed by atoms with Crippen molar-refractivity contribution in [1.29, 1.82) is 0 Å². The summed E-state index contributed by atoms with van der Waals surface area (Å²) in [6.07, 6.45) is 0. The molecular formula is C19H13Br2N3O5S. The van der Waals surface area contributed by atoms with E-state index in [2.05, 4.69) is 42.5 Å². The molecule has 0 aliphatic rings. The Kier molecular flexibility index (Phi) is 6.85. The zero-order valence-electron chi connectivity index (χ0n) is 15.0. The molecule has 30 heavy (non-hydrogen) atoms. The average Bonchev–Trinajstić information content (AvgIpc) is 2.68. The topological polar surface area (TPSA) is 114 Å². The van der Waals surface area contributed by atoms with Crippen molar-refractivity contribution < 1.29 is 19.6 Å². The second-order valence-electron chi connectivity index (χ2n) is 5.99. The molecular weight excluding hydrogens is 542 g/mol. The molecule has 11 heteroatoms. The molecule has 0 aromatic heterocycles. The molecule has 0 fully saturated rings. The predicted octanol–water partition coefficient (Wildman–Crippen LogP) is 4.87. The molecule has 0 aliphatic carbocycles. The Labute approximate surface area is 192 Å². The van der Waals surface area contributed by atoms with Gasteiger partial charge in [0, 0.05) is 10.5 Å². The number of carbonyl (C=O) groups is 1. The zero-order chi connectivity index (χ0) is 21.8. The molecule has 1 amide bonds. The summed E-state index contributed by atoms with van der Waals surface area (Å²) >= 11 is 11.9. The lowest BCUT2D eigenvalue weighted by atomic mass is 10.1. The maximum atomic E-state index is 12.1. The molecule has 0 heterocycles. The lowest BCUT2D eigenvalue weighted by molar-refractivity contribution is -0.384. The molecule has 0 radical (unpaired) electrons. The van der Waals surface area contributed by atoms with E-state index >= 15 is 0 Å². The molecule has 0 spiro atoms. The summed E-state index contributed by atoms with van der Waals surface area (Å²) in [6, 6.07) is 12.9. The number of nitrogens with zero attached hydrogens (tertiary/aromatic N) is 1. The molecule has 0 unspecified atom stereocenters. The number of anilines is 1. The number of aromatic hydroxyl groups is 1. The fraction of sp³-hybridized carbons (Fsp3) is 0.0526. The van der Waals surface area contributed by atoms with Crippen LogP contribution in [0, 0.1) is 10.1 Å². The van der Waals surface area contributed by atoms with E-state index in [4.69, 9.17) is 17.0 Å². The number of rotatable bonds is 5. The summed E-state index contributed by atoms with van der Waals surface area (Å²) in [5.74, 6) is -0.396. The summed E-state index contributed by atoms with van der Waals surface area (Å²) in [6.45, 7) is -0.297. The number of amides is 1. The SMILES string of the molecule is O=C(COc1ccc2cc(Br)ccc2c1Br)NC(=S)Nc1ccc([N+](=O)[O-])cc1O. The van der Waals surface area contributed by atoms with Crippen molar-refractivity contribution in [2.24, 2.45) is 0 Å². The maximum Gasteiger partial charge on any atom is 0.273 e. The van der Waals surface area contributed by atoms with Gasteiger partial charge in [-0.25, -0.2) is 0 Å². The minimum atomic E-state index is -0.634. The van der Waals surface area contributed by atoms with Crippen LogP contribution in [0.5, 0.6) is 11.5 Å². The van der Waals surface area contributed by atoms with Crippen LogP contribution in [0.25, 0.3) is 10.8 Å². The third kappa shape index (κ3) is 5.23. The Morgan fingerprint density at radius 3 is 2.63 bits per heavy atom. The van der Waals surface area contributed by atoms with E-state index in [9.17, 15) is 20.0 Å². The number of hydrogen-bond acceptors (Lipinski definition) is 6. The molecule has 8 nitrogen and oxygen atoms in total. The van der Waals surface area contributed by atoms with Gasteiger partial charge in [-0.2, -0.15) is 0 Å². The van der Waals surface area contributed by atoms with Gasteiger partial charge in [-0.15, -0.1) is 0 Å². The van der Waals surface area contributed by atoms with E-state index in [1.54, 1.807) is 6.07 Å². The summed E-state index contributed by atoms with van der Waals surface area (Å²) < 4.78 is 7.24.